The molecule has 21 heavy (non-hydrogen) atoms. The van der Waals surface area contributed by atoms with Gasteiger partial charge in [0.25, 0.3) is 5.91 Å². The van der Waals surface area contributed by atoms with Crippen molar-refractivity contribution in [1.82, 2.24) is 10.3 Å². The van der Waals surface area contributed by atoms with E-state index < -0.39 is 5.82 Å². The third kappa shape index (κ3) is 4.50. The summed E-state index contributed by atoms with van der Waals surface area (Å²) >= 11 is 5.03. The van der Waals surface area contributed by atoms with Crippen molar-refractivity contribution in [1.29, 1.82) is 0 Å². The molecule has 112 valence electrons. The van der Waals surface area contributed by atoms with E-state index in [1.807, 2.05) is 19.1 Å². The van der Waals surface area contributed by atoms with E-state index in [0.717, 1.165) is 16.4 Å². The number of carbonyl (C=O) groups is 1. The van der Waals surface area contributed by atoms with Crippen LogP contribution >= 0.6 is 27.3 Å². The van der Waals surface area contributed by atoms with Gasteiger partial charge in [0.15, 0.2) is 0 Å². The van der Waals surface area contributed by atoms with E-state index in [-0.39, 0.29) is 11.5 Å². The van der Waals surface area contributed by atoms with Gasteiger partial charge in [-0.15, -0.1) is 11.3 Å². The van der Waals surface area contributed by atoms with Gasteiger partial charge in [-0.1, -0.05) is 0 Å². The smallest absolute Gasteiger partial charge is 0.255 e. The largest absolute Gasteiger partial charge is 0.370 e. The predicted molar refractivity (Wildman–Crippen MR) is 86.4 cm³/mol. The Hall–Kier alpha value is -1.47. The molecule has 0 atom stereocenters. The number of aromatic nitrogens is 1. The molecule has 4 nitrogen and oxygen atoms in total. The first kappa shape index (κ1) is 15.9. The SMILES string of the molecule is CCNc1ncc(F)cc1C(=O)NCCc1ccc(Br)s1. The zero-order valence-electron chi connectivity index (χ0n) is 11.5. The summed E-state index contributed by atoms with van der Waals surface area (Å²) in [4.78, 5) is 17.2. The van der Waals surface area contributed by atoms with Crippen LogP contribution in [0, 0.1) is 5.82 Å². The average molecular weight is 372 g/mol. The van der Waals surface area contributed by atoms with Gasteiger partial charge in [-0.3, -0.25) is 4.79 Å². The third-order valence-corrected chi connectivity index (χ3v) is 4.41. The first-order valence-corrected chi connectivity index (χ1v) is 8.13. The van der Waals surface area contributed by atoms with E-state index in [1.54, 1.807) is 11.3 Å². The lowest BCUT2D eigenvalue weighted by atomic mass is 10.2. The van der Waals surface area contributed by atoms with Crippen LogP contribution in [0.1, 0.15) is 22.2 Å². The molecule has 1 amide bonds. The van der Waals surface area contributed by atoms with E-state index in [2.05, 4.69) is 31.5 Å². The zero-order chi connectivity index (χ0) is 15.2. The Labute approximate surface area is 134 Å². The molecular formula is C14H15BrFN3OS. The van der Waals surface area contributed by atoms with Crippen LogP contribution < -0.4 is 10.6 Å². The summed E-state index contributed by atoms with van der Waals surface area (Å²) < 4.78 is 14.3. The fourth-order valence-corrected chi connectivity index (χ4v) is 3.28. The normalized spacial score (nSPS) is 10.4. The Morgan fingerprint density at radius 1 is 1.48 bits per heavy atom. The van der Waals surface area contributed by atoms with Crippen LogP contribution in [-0.2, 0) is 6.42 Å². The van der Waals surface area contributed by atoms with Gasteiger partial charge >= 0.3 is 0 Å². The summed E-state index contributed by atoms with van der Waals surface area (Å²) in [6.45, 7) is 3.00. The van der Waals surface area contributed by atoms with Gasteiger partial charge in [-0.05, 0) is 47.5 Å². The topological polar surface area (TPSA) is 54.0 Å². The Morgan fingerprint density at radius 3 is 2.95 bits per heavy atom. The number of amides is 1. The lowest BCUT2D eigenvalue weighted by Crippen LogP contribution is -2.27. The highest BCUT2D eigenvalue weighted by Crippen LogP contribution is 2.22. The van der Waals surface area contributed by atoms with Gasteiger partial charge in [0.05, 0.1) is 15.5 Å². The highest BCUT2D eigenvalue weighted by Gasteiger charge is 2.13. The van der Waals surface area contributed by atoms with Crippen LogP contribution in [0.2, 0.25) is 0 Å². The standard InChI is InChI=1S/C14H15BrFN3OS/c1-2-17-13-11(7-9(16)8-19-13)14(20)18-6-5-10-3-4-12(15)21-10/h3-4,7-8H,2,5-6H2,1H3,(H,17,19)(H,18,20). The number of halogens is 2. The van der Waals surface area contributed by atoms with Crippen molar-refractivity contribution in [3.05, 3.63) is 44.4 Å². The van der Waals surface area contributed by atoms with Crippen LogP contribution in [0.4, 0.5) is 10.2 Å². The van der Waals surface area contributed by atoms with Crippen molar-refractivity contribution in [2.75, 3.05) is 18.4 Å². The van der Waals surface area contributed by atoms with Crippen molar-refractivity contribution < 1.29 is 9.18 Å². The van der Waals surface area contributed by atoms with E-state index in [9.17, 15) is 9.18 Å². The molecule has 2 rings (SSSR count). The Balaban J connectivity index is 1.97. The van der Waals surface area contributed by atoms with Gasteiger partial charge < -0.3 is 10.6 Å². The van der Waals surface area contributed by atoms with Crippen molar-refractivity contribution in [3.8, 4) is 0 Å². The van der Waals surface area contributed by atoms with Gasteiger partial charge in [0.2, 0.25) is 0 Å². The molecule has 0 spiro atoms. The average Bonchev–Trinajstić information content (AvgIpc) is 2.86. The number of nitrogens with one attached hydrogen (secondary N) is 2. The maximum atomic E-state index is 13.3. The van der Waals surface area contributed by atoms with Crippen molar-refractivity contribution in [2.24, 2.45) is 0 Å². The van der Waals surface area contributed by atoms with Crippen LogP contribution in [0.5, 0.6) is 0 Å². The van der Waals surface area contributed by atoms with Crippen LogP contribution in [0.25, 0.3) is 0 Å². The minimum Gasteiger partial charge on any atom is -0.370 e. The maximum absolute atomic E-state index is 13.3. The molecule has 0 aliphatic heterocycles. The number of carbonyl (C=O) groups excluding carboxylic acids is 1. The van der Waals surface area contributed by atoms with E-state index in [0.29, 0.717) is 18.9 Å². The summed E-state index contributed by atoms with van der Waals surface area (Å²) in [5, 5.41) is 5.74. The van der Waals surface area contributed by atoms with E-state index in [4.69, 9.17) is 0 Å². The number of thiophene rings is 1. The molecule has 0 bridgehead atoms. The monoisotopic (exact) mass is 371 g/mol. The summed E-state index contributed by atoms with van der Waals surface area (Å²) in [7, 11) is 0. The number of hydrogen-bond donors (Lipinski definition) is 2. The zero-order valence-corrected chi connectivity index (χ0v) is 13.9. The Bertz CT molecular complexity index is 632. The molecular weight excluding hydrogens is 357 g/mol. The second-order valence-electron chi connectivity index (χ2n) is 4.29. The summed E-state index contributed by atoms with van der Waals surface area (Å²) in [5.41, 5.74) is 0.226. The van der Waals surface area contributed by atoms with Gasteiger partial charge in [-0.25, -0.2) is 9.37 Å². The fourth-order valence-electron chi connectivity index (χ4n) is 1.80. The van der Waals surface area contributed by atoms with Crippen molar-refractivity contribution >= 4 is 39.0 Å². The van der Waals surface area contributed by atoms with Crippen LogP contribution in [0.15, 0.2) is 28.2 Å². The fraction of sp³-hybridized carbons (Fsp3) is 0.286. The predicted octanol–water partition coefficient (Wildman–Crippen LogP) is 3.45. The first-order chi connectivity index (χ1) is 10.1. The van der Waals surface area contributed by atoms with Gasteiger partial charge in [0, 0.05) is 18.0 Å². The molecule has 0 saturated carbocycles. The number of nitrogens with zero attached hydrogens (tertiary/aromatic N) is 1. The molecule has 7 heteroatoms. The molecule has 2 heterocycles. The number of pyridine rings is 1. The Morgan fingerprint density at radius 2 is 2.29 bits per heavy atom. The summed E-state index contributed by atoms with van der Waals surface area (Å²) in [6.07, 6.45) is 1.83. The highest BCUT2D eigenvalue weighted by molar-refractivity contribution is 9.11. The minimum atomic E-state index is -0.524. The number of anilines is 1. The second-order valence-corrected chi connectivity index (χ2v) is 6.84. The highest BCUT2D eigenvalue weighted by atomic mass is 79.9. The molecule has 0 radical (unpaired) electrons. The van der Waals surface area contributed by atoms with Crippen molar-refractivity contribution in [3.63, 3.8) is 0 Å². The van der Waals surface area contributed by atoms with Gasteiger partial charge in [-0.2, -0.15) is 0 Å². The molecule has 0 aromatic carbocycles. The van der Waals surface area contributed by atoms with Crippen molar-refractivity contribution in [2.45, 2.75) is 13.3 Å². The molecule has 2 aromatic heterocycles. The second kappa shape index (κ2) is 7.51. The third-order valence-electron chi connectivity index (χ3n) is 2.73. The molecule has 0 fully saturated rings. The summed E-state index contributed by atoms with van der Waals surface area (Å²) in [5.74, 6) is -0.451. The molecule has 0 aliphatic rings. The minimum absolute atomic E-state index is 0.226. The maximum Gasteiger partial charge on any atom is 0.255 e. The van der Waals surface area contributed by atoms with E-state index >= 15 is 0 Å². The Kier molecular flexibility index (Phi) is 5.69. The first-order valence-electron chi connectivity index (χ1n) is 6.52. The van der Waals surface area contributed by atoms with E-state index in [1.165, 1.54) is 10.9 Å². The lowest BCUT2D eigenvalue weighted by Gasteiger charge is -2.10. The van der Waals surface area contributed by atoms with Gasteiger partial charge in [0.1, 0.15) is 11.6 Å². The quantitative estimate of drug-likeness (QED) is 0.817. The van der Waals surface area contributed by atoms with Crippen LogP contribution in [-0.4, -0.2) is 24.0 Å². The molecule has 2 aromatic rings. The number of rotatable bonds is 6. The molecule has 0 saturated heterocycles. The molecule has 2 N–H and O–H groups in total. The molecule has 0 unspecified atom stereocenters. The molecule has 0 aliphatic carbocycles. The van der Waals surface area contributed by atoms with Crippen LogP contribution in [0.3, 0.4) is 0 Å². The summed E-state index contributed by atoms with van der Waals surface area (Å²) in [6, 6.07) is 5.18. The lowest BCUT2D eigenvalue weighted by molar-refractivity contribution is 0.0954. The number of hydrogen-bond acceptors (Lipinski definition) is 4.